The van der Waals surface area contributed by atoms with Gasteiger partial charge in [-0.15, -0.1) is 11.8 Å². The topological polar surface area (TPSA) is 111 Å². The molecule has 2 heterocycles. The first-order chi connectivity index (χ1) is 12.9. The number of nitro benzene ring substituents is 1. The fourth-order valence-electron chi connectivity index (χ4n) is 2.40. The lowest BCUT2D eigenvalue weighted by molar-refractivity contribution is -0.384. The lowest BCUT2D eigenvalue weighted by Crippen LogP contribution is -2.17. The summed E-state index contributed by atoms with van der Waals surface area (Å²) in [4.78, 5) is 31.9. The molecule has 0 aliphatic carbocycles. The van der Waals surface area contributed by atoms with Gasteiger partial charge in [0.25, 0.3) is 11.6 Å². The van der Waals surface area contributed by atoms with E-state index in [1.54, 1.807) is 25.3 Å². The minimum Gasteiger partial charge on any atom is -0.461 e. The minimum absolute atomic E-state index is 0.00915. The lowest BCUT2D eigenvalue weighted by atomic mass is 10.2. The van der Waals surface area contributed by atoms with Crippen LogP contribution in [0.1, 0.15) is 16.1 Å². The van der Waals surface area contributed by atoms with E-state index in [4.69, 9.17) is 16.0 Å². The van der Waals surface area contributed by atoms with E-state index in [2.05, 4.69) is 15.3 Å². The normalized spacial score (nSPS) is 10.6. The summed E-state index contributed by atoms with van der Waals surface area (Å²) < 4.78 is 5.31. The maximum absolute atomic E-state index is 12.7. The Hall–Kier alpha value is -2.91. The average Bonchev–Trinajstić information content (AvgIpc) is 3.16. The van der Waals surface area contributed by atoms with Crippen LogP contribution in [-0.2, 0) is 0 Å². The molecule has 0 unspecified atom stereocenters. The number of benzene rings is 1. The van der Waals surface area contributed by atoms with Crippen molar-refractivity contribution in [1.29, 1.82) is 0 Å². The third-order valence-electron chi connectivity index (χ3n) is 3.62. The molecule has 8 nitrogen and oxygen atoms in total. The first-order valence-electron chi connectivity index (χ1n) is 7.62. The molecule has 2 aromatic heterocycles. The lowest BCUT2D eigenvalue weighted by Gasteiger charge is -2.11. The molecule has 10 heteroatoms. The number of carbonyl (C=O) groups excluding carboxylic acids is 1. The van der Waals surface area contributed by atoms with E-state index in [1.807, 2.05) is 0 Å². The van der Waals surface area contributed by atoms with E-state index >= 15 is 0 Å². The zero-order valence-electron chi connectivity index (χ0n) is 14.2. The fraction of sp³-hybridized carbons (Fsp3) is 0.118. The quantitative estimate of drug-likeness (QED) is 0.286. The third kappa shape index (κ3) is 3.93. The molecule has 0 spiro atoms. The van der Waals surface area contributed by atoms with Crippen molar-refractivity contribution >= 4 is 40.6 Å². The van der Waals surface area contributed by atoms with Crippen LogP contribution in [0, 0.1) is 17.0 Å². The summed E-state index contributed by atoms with van der Waals surface area (Å²) in [5.41, 5.74) is 0.704. The molecule has 0 atom stereocenters. The van der Waals surface area contributed by atoms with Crippen LogP contribution in [0.15, 0.2) is 46.0 Å². The highest BCUT2D eigenvalue weighted by molar-refractivity contribution is 7.98. The highest BCUT2D eigenvalue weighted by atomic mass is 35.5. The monoisotopic (exact) mass is 404 g/mol. The van der Waals surface area contributed by atoms with Gasteiger partial charge >= 0.3 is 0 Å². The van der Waals surface area contributed by atoms with Crippen molar-refractivity contribution in [3.63, 3.8) is 0 Å². The third-order valence-corrected chi connectivity index (χ3v) is 4.62. The highest BCUT2D eigenvalue weighted by Gasteiger charge is 2.21. The SMILES string of the molecule is CSc1nc(-c2ccco2)nc(C)c1C(=O)Nc1ccc(Cl)c([N+](=O)[O-])c1. The summed E-state index contributed by atoms with van der Waals surface area (Å²) in [5.74, 6) is 0.397. The Labute approximate surface area is 163 Å². The molecular formula is C17H13ClN4O4S. The van der Waals surface area contributed by atoms with Gasteiger partial charge in [0.2, 0.25) is 0 Å². The number of nitrogens with zero attached hydrogens (tertiary/aromatic N) is 3. The standard InChI is InChI=1S/C17H13ClN4O4S/c1-9-14(17(27-2)21-15(19-9)13-4-3-7-26-13)16(23)20-10-5-6-11(18)12(8-10)22(24)25/h3-8H,1-2H3,(H,20,23). The number of hydrogen-bond acceptors (Lipinski definition) is 7. The molecule has 0 saturated carbocycles. The molecule has 1 amide bonds. The van der Waals surface area contributed by atoms with Crippen LogP contribution in [0.2, 0.25) is 5.02 Å². The first-order valence-corrected chi connectivity index (χ1v) is 9.22. The molecule has 0 radical (unpaired) electrons. The van der Waals surface area contributed by atoms with E-state index < -0.39 is 10.8 Å². The zero-order valence-corrected chi connectivity index (χ0v) is 15.8. The second-order valence-corrected chi connectivity index (χ2v) is 6.57. The molecule has 0 aliphatic heterocycles. The number of hydrogen-bond donors (Lipinski definition) is 1. The van der Waals surface area contributed by atoms with Crippen LogP contribution >= 0.6 is 23.4 Å². The van der Waals surface area contributed by atoms with Crippen molar-refractivity contribution in [2.75, 3.05) is 11.6 Å². The Balaban J connectivity index is 1.95. The van der Waals surface area contributed by atoms with E-state index in [1.165, 1.54) is 36.2 Å². The van der Waals surface area contributed by atoms with E-state index in [9.17, 15) is 14.9 Å². The van der Waals surface area contributed by atoms with Crippen molar-refractivity contribution in [3.05, 3.63) is 63.0 Å². The van der Waals surface area contributed by atoms with Gasteiger partial charge < -0.3 is 9.73 Å². The number of aryl methyl sites for hydroxylation is 1. The van der Waals surface area contributed by atoms with Crippen molar-refractivity contribution in [3.8, 4) is 11.6 Å². The number of carbonyl (C=O) groups is 1. The Bertz CT molecular complexity index is 1020. The number of thioether (sulfide) groups is 1. The summed E-state index contributed by atoms with van der Waals surface area (Å²) in [7, 11) is 0. The maximum atomic E-state index is 12.7. The Morgan fingerprint density at radius 1 is 1.33 bits per heavy atom. The number of rotatable bonds is 5. The molecule has 1 N–H and O–H groups in total. The second-order valence-electron chi connectivity index (χ2n) is 5.37. The van der Waals surface area contributed by atoms with Gasteiger partial charge in [-0.25, -0.2) is 9.97 Å². The smallest absolute Gasteiger partial charge is 0.289 e. The number of amides is 1. The van der Waals surface area contributed by atoms with Crippen LogP contribution in [0.3, 0.4) is 0 Å². The molecule has 0 saturated heterocycles. The molecule has 3 rings (SSSR count). The number of anilines is 1. The summed E-state index contributed by atoms with van der Waals surface area (Å²) in [6.45, 7) is 1.69. The summed E-state index contributed by atoms with van der Waals surface area (Å²) >= 11 is 7.08. The van der Waals surface area contributed by atoms with Gasteiger partial charge in [-0.05, 0) is 37.4 Å². The van der Waals surface area contributed by atoms with Crippen molar-refractivity contribution in [2.45, 2.75) is 11.9 Å². The van der Waals surface area contributed by atoms with E-state index in [0.29, 0.717) is 22.3 Å². The molecule has 0 fully saturated rings. The van der Waals surface area contributed by atoms with Crippen LogP contribution in [-0.4, -0.2) is 27.1 Å². The molecule has 1 aromatic carbocycles. The van der Waals surface area contributed by atoms with Gasteiger partial charge in [-0.3, -0.25) is 14.9 Å². The molecular weight excluding hydrogens is 392 g/mol. The summed E-state index contributed by atoms with van der Waals surface area (Å²) in [6.07, 6.45) is 3.30. The largest absolute Gasteiger partial charge is 0.461 e. The maximum Gasteiger partial charge on any atom is 0.289 e. The molecule has 138 valence electrons. The molecule has 3 aromatic rings. The number of nitro groups is 1. The van der Waals surface area contributed by atoms with Gasteiger partial charge in [0, 0.05) is 11.8 Å². The first kappa shape index (κ1) is 18.9. The van der Waals surface area contributed by atoms with Gasteiger partial charge in [0.05, 0.1) is 22.4 Å². The van der Waals surface area contributed by atoms with E-state index in [-0.39, 0.29) is 22.0 Å². The number of furan rings is 1. The summed E-state index contributed by atoms with van der Waals surface area (Å²) in [5, 5.41) is 14.1. The highest BCUT2D eigenvalue weighted by Crippen LogP contribution is 2.29. The molecule has 0 aliphatic rings. The van der Waals surface area contributed by atoms with Gasteiger partial charge in [0.1, 0.15) is 10.0 Å². The van der Waals surface area contributed by atoms with Crippen LogP contribution in [0.5, 0.6) is 0 Å². The fourth-order valence-corrected chi connectivity index (χ4v) is 3.20. The van der Waals surface area contributed by atoms with Crippen LogP contribution in [0.4, 0.5) is 11.4 Å². The summed E-state index contributed by atoms with van der Waals surface area (Å²) in [6, 6.07) is 7.49. The van der Waals surface area contributed by atoms with Crippen molar-refractivity contribution < 1.29 is 14.1 Å². The minimum atomic E-state index is -0.613. The Morgan fingerprint density at radius 3 is 2.74 bits per heavy atom. The Morgan fingerprint density at radius 2 is 2.11 bits per heavy atom. The van der Waals surface area contributed by atoms with E-state index in [0.717, 1.165) is 0 Å². The van der Waals surface area contributed by atoms with Gasteiger partial charge in [0.15, 0.2) is 11.6 Å². The average molecular weight is 405 g/mol. The number of nitrogens with one attached hydrogen (secondary N) is 1. The number of aromatic nitrogens is 2. The Kier molecular flexibility index (Phi) is 5.43. The van der Waals surface area contributed by atoms with Crippen molar-refractivity contribution in [1.82, 2.24) is 9.97 Å². The predicted octanol–water partition coefficient (Wildman–Crippen LogP) is 4.58. The molecule has 27 heavy (non-hydrogen) atoms. The second kappa shape index (κ2) is 7.77. The van der Waals surface area contributed by atoms with Crippen molar-refractivity contribution in [2.24, 2.45) is 0 Å². The zero-order chi connectivity index (χ0) is 19.6. The van der Waals surface area contributed by atoms with Gasteiger partial charge in [-0.1, -0.05) is 11.6 Å². The van der Waals surface area contributed by atoms with Gasteiger partial charge in [-0.2, -0.15) is 0 Å². The molecule has 0 bridgehead atoms. The van der Waals surface area contributed by atoms with Crippen LogP contribution < -0.4 is 5.32 Å². The predicted molar refractivity (Wildman–Crippen MR) is 102 cm³/mol. The van der Waals surface area contributed by atoms with Crippen LogP contribution in [0.25, 0.3) is 11.6 Å². The number of halogens is 1.